The molecule has 2 nitrogen and oxygen atoms in total. The fourth-order valence-electron chi connectivity index (χ4n) is 1.54. The molecule has 1 fully saturated rings. The summed E-state index contributed by atoms with van der Waals surface area (Å²) in [5.74, 6) is 1.23. The summed E-state index contributed by atoms with van der Waals surface area (Å²) >= 11 is 0. The fraction of sp³-hybridized carbons (Fsp3) is 0.889. The summed E-state index contributed by atoms with van der Waals surface area (Å²) in [6, 6.07) is 0. The van der Waals surface area contributed by atoms with Crippen LogP contribution in [0.1, 0.15) is 27.2 Å². The predicted octanol–water partition coefficient (Wildman–Crippen LogP) is 1.84. The average Bonchev–Trinajstić information content (AvgIpc) is 2.18. The van der Waals surface area contributed by atoms with Crippen LogP contribution < -0.4 is 0 Å². The maximum Gasteiger partial charge on any atom is 0.309 e. The van der Waals surface area contributed by atoms with Crippen LogP contribution in [0.15, 0.2) is 0 Å². The van der Waals surface area contributed by atoms with E-state index in [4.69, 9.17) is 4.74 Å². The first-order valence-corrected chi connectivity index (χ1v) is 4.28. The summed E-state index contributed by atoms with van der Waals surface area (Å²) in [5.41, 5.74) is 0. The molecule has 0 aromatic heterocycles. The number of rotatable bonds is 2. The van der Waals surface area contributed by atoms with Gasteiger partial charge in [-0.25, -0.2) is 0 Å². The molecule has 1 aliphatic heterocycles. The fourth-order valence-corrected chi connectivity index (χ4v) is 1.54. The molecule has 0 amide bonds. The molecule has 0 radical (unpaired) electrons. The van der Waals surface area contributed by atoms with Gasteiger partial charge in [-0.1, -0.05) is 20.8 Å². The molecule has 1 heterocycles. The molecule has 64 valence electrons. The van der Waals surface area contributed by atoms with Crippen molar-refractivity contribution in [2.45, 2.75) is 27.2 Å². The Morgan fingerprint density at radius 3 is 2.64 bits per heavy atom. The molecule has 1 saturated heterocycles. The first-order chi connectivity index (χ1) is 5.11. The van der Waals surface area contributed by atoms with Gasteiger partial charge in [0.1, 0.15) is 0 Å². The number of hydrogen-bond acceptors (Lipinski definition) is 2. The third kappa shape index (κ3) is 1.95. The van der Waals surface area contributed by atoms with Crippen molar-refractivity contribution < 1.29 is 9.53 Å². The largest absolute Gasteiger partial charge is 0.465 e. The minimum Gasteiger partial charge on any atom is -0.465 e. The van der Waals surface area contributed by atoms with Gasteiger partial charge in [0.05, 0.1) is 12.5 Å². The molecular weight excluding hydrogens is 140 g/mol. The number of esters is 1. The van der Waals surface area contributed by atoms with E-state index in [0.717, 1.165) is 6.42 Å². The van der Waals surface area contributed by atoms with Gasteiger partial charge in [0.25, 0.3) is 0 Å². The van der Waals surface area contributed by atoms with E-state index in [-0.39, 0.29) is 11.9 Å². The highest BCUT2D eigenvalue weighted by Gasteiger charge is 2.32. The molecule has 1 unspecified atom stereocenters. The highest BCUT2D eigenvalue weighted by Crippen LogP contribution is 2.27. The second-order valence-corrected chi connectivity index (χ2v) is 3.81. The van der Waals surface area contributed by atoms with Crippen LogP contribution in [-0.4, -0.2) is 12.6 Å². The van der Waals surface area contributed by atoms with E-state index in [1.165, 1.54) is 0 Å². The third-order valence-electron chi connectivity index (χ3n) is 2.29. The summed E-state index contributed by atoms with van der Waals surface area (Å²) < 4.78 is 4.94. The molecule has 11 heavy (non-hydrogen) atoms. The van der Waals surface area contributed by atoms with Crippen molar-refractivity contribution in [1.82, 2.24) is 0 Å². The molecule has 2 atom stereocenters. The molecule has 2 heteroatoms. The highest BCUT2D eigenvalue weighted by atomic mass is 16.5. The normalized spacial score (nSPS) is 31.1. The Hall–Kier alpha value is -0.530. The van der Waals surface area contributed by atoms with Crippen LogP contribution in [0, 0.1) is 17.8 Å². The zero-order valence-electron chi connectivity index (χ0n) is 7.46. The van der Waals surface area contributed by atoms with E-state index < -0.39 is 0 Å². The Morgan fingerprint density at radius 1 is 1.64 bits per heavy atom. The molecule has 1 rings (SSSR count). The van der Waals surface area contributed by atoms with Crippen molar-refractivity contribution in [3.05, 3.63) is 0 Å². The minimum atomic E-state index is -0.0179. The molecular formula is C9H16O2. The van der Waals surface area contributed by atoms with Gasteiger partial charge < -0.3 is 4.74 Å². The van der Waals surface area contributed by atoms with E-state index in [2.05, 4.69) is 13.8 Å². The standard InChI is InChI=1S/C9H16O2/c1-6(2)4-8-5-11-9(10)7(8)3/h6-8H,4-5H2,1-3H3/t7?,8-/m1/s1. The summed E-state index contributed by atoms with van der Waals surface area (Å²) in [6.45, 7) is 6.95. The number of ether oxygens (including phenoxy) is 1. The first-order valence-electron chi connectivity index (χ1n) is 4.28. The Kier molecular flexibility index (Phi) is 2.53. The molecule has 0 aromatic rings. The van der Waals surface area contributed by atoms with Gasteiger partial charge in [-0.3, -0.25) is 4.79 Å². The van der Waals surface area contributed by atoms with E-state index >= 15 is 0 Å². The van der Waals surface area contributed by atoms with Crippen LogP contribution in [0.25, 0.3) is 0 Å². The van der Waals surface area contributed by atoms with Crippen LogP contribution >= 0.6 is 0 Å². The Bertz CT molecular complexity index is 152. The topological polar surface area (TPSA) is 26.3 Å². The number of carbonyl (C=O) groups is 1. The van der Waals surface area contributed by atoms with Gasteiger partial charge in [-0.2, -0.15) is 0 Å². The maximum atomic E-state index is 10.9. The lowest BCUT2D eigenvalue weighted by Gasteiger charge is -2.12. The highest BCUT2D eigenvalue weighted by molar-refractivity contribution is 5.74. The van der Waals surface area contributed by atoms with Gasteiger partial charge in [0.2, 0.25) is 0 Å². The Balaban J connectivity index is 2.42. The quantitative estimate of drug-likeness (QED) is 0.570. The predicted molar refractivity (Wildman–Crippen MR) is 43.1 cm³/mol. The van der Waals surface area contributed by atoms with Crippen LogP contribution in [-0.2, 0) is 9.53 Å². The van der Waals surface area contributed by atoms with Crippen LogP contribution in [0.3, 0.4) is 0 Å². The van der Waals surface area contributed by atoms with Crippen molar-refractivity contribution in [1.29, 1.82) is 0 Å². The van der Waals surface area contributed by atoms with Crippen molar-refractivity contribution in [3.8, 4) is 0 Å². The van der Waals surface area contributed by atoms with Gasteiger partial charge in [0, 0.05) is 5.92 Å². The average molecular weight is 156 g/mol. The van der Waals surface area contributed by atoms with E-state index in [1.54, 1.807) is 0 Å². The maximum absolute atomic E-state index is 10.9. The van der Waals surface area contributed by atoms with Gasteiger partial charge in [-0.05, 0) is 12.3 Å². The first kappa shape index (κ1) is 8.57. The smallest absolute Gasteiger partial charge is 0.309 e. The van der Waals surface area contributed by atoms with Crippen LogP contribution in [0.5, 0.6) is 0 Å². The molecule has 1 aliphatic rings. The number of carbonyl (C=O) groups excluding carboxylic acids is 1. The van der Waals surface area contributed by atoms with E-state index in [9.17, 15) is 4.79 Å². The summed E-state index contributed by atoms with van der Waals surface area (Å²) in [6.07, 6.45) is 1.10. The second-order valence-electron chi connectivity index (χ2n) is 3.81. The molecule has 0 saturated carbocycles. The number of hydrogen-bond donors (Lipinski definition) is 0. The molecule has 0 aliphatic carbocycles. The van der Waals surface area contributed by atoms with Crippen molar-refractivity contribution in [2.24, 2.45) is 17.8 Å². The third-order valence-corrected chi connectivity index (χ3v) is 2.29. The molecule has 0 spiro atoms. The van der Waals surface area contributed by atoms with E-state index in [0.29, 0.717) is 18.4 Å². The lowest BCUT2D eigenvalue weighted by atomic mass is 9.89. The lowest BCUT2D eigenvalue weighted by molar-refractivity contribution is -0.140. The van der Waals surface area contributed by atoms with Gasteiger partial charge in [0.15, 0.2) is 0 Å². The Labute approximate surface area is 67.9 Å². The van der Waals surface area contributed by atoms with Crippen molar-refractivity contribution in [2.75, 3.05) is 6.61 Å². The Morgan fingerprint density at radius 2 is 2.27 bits per heavy atom. The second kappa shape index (κ2) is 3.24. The lowest BCUT2D eigenvalue weighted by Crippen LogP contribution is -2.13. The SMILES string of the molecule is CC(C)C[C@@H]1COC(=O)C1C. The summed E-state index contributed by atoms with van der Waals surface area (Å²) in [5, 5.41) is 0. The van der Waals surface area contributed by atoms with Gasteiger partial charge >= 0.3 is 5.97 Å². The van der Waals surface area contributed by atoms with E-state index in [1.807, 2.05) is 6.92 Å². The molecule has 0 bridgehead atoms. The monoisotopic (exact) mass is 156 g/mol. The number of cyclic esters (lactones) is 1. The molecule has 0 aromatic carbocycles. The zero-order chi connectivity index (χ0) is 8.43. The minimum absolute atomic E-state index is 0.0179. The van der Waals surface area contributed by atoms with Crippen LogP contribution in [0.2, 0.25) is 0 Å². The van der Waals surface area contributed by atoms with Crippen molar-refractivity contribution >= 4 is 5.97 Å². The van der Waals surface area contributed by atoms with Gasteiger partial charge in [-0.15, -0.1) is 0 Å². The van der Waals surface area contributed by atoms with Crippen molar-refractivity contribution in [3.63, 3.8) is 0 Å². The van der Waals surface area contributed by atoms with Crippen LogP contribution in [0.4, 0.5) is 0 Å². The summed E-state index contributed by atoms with van der Waals surface area (Å²) in [7, 11) is 0. The molecule has 0 N–H and O–H groups in total. The zero-order valence-corrected chi connectivity index (χ0v) is 7.46. The summed E-state index contributed by atoms with van der Waals surface area (Å²) in [4.78, 5) is 10.9.